The predicted molar refractivity (Wildman–Crippen MR) is 135 cm³/mol. The highest BCUT2D eigenvalue weighted by Gasteiger charge is 2.31. The van der Waals surface area contributed by atoms with Crippen LogP contribution >= 0.6 is 34.8 Å². The molecule has 34 heavy (non-hydrogen) atoms. The van der Waals surface area contributed by atoms with Crippen LogP contribution in [0.3, 0.4) is 0 Å². The highest BCUT2D eigenvalue weighted by Crippen LogP contribution is 2.28. The van der Waals surface area contributed by atoms with Crippen molar-refractivity contribution in [2.24, 2.45) is 0 Å². The molecule has 1 atom stereocenters. The third-order valence-electron chi connectivity index (χ3n) is 5.40. The van der Waals surface area contributed by atoms with Crippen molar-refractivity contribution in [1.82, 2.24) is 10.2 Å². The molecule has 0 aliphatic carbocycles. The molecular weight excluding hydrogens is 498 g/mol. The zero-order chi connectivity index (χ0) is 24.7. The lowest BCUT2D eigenvalue weighted by molar-refractivity contribution is -0.140. The van der Waals surface area contributed by atoms with Crippen molar-refractivity contribution in [3.05, 3.63) is 104 Å². The fourth-order valence-corrected chi connectivity index (χ4v) is 4.40. The summed E-state index contributed by atoms with van der Waals surface area (Å²) in [5, 5.41) is 3.67. The van der Waals surface area contributed by atoms with E-state index < -0.39 is 17.8 Å². The highest BCUT2D eigenvalue weighted by molar-refractivity contribution is 6.36. The molecule has 1 N–H and O–H groups in total. The van der Waals surface area contributed by atoms with Crippen LogP contribution < -0.4 is 5.32 Å². The number of halogens is 4. The fourth-order valence-electron chi connectivity index (χ4n) is 3.65. The Hall–Kier alpha value is -2.60. The quantitative estimate of drug-likeness (QED) is 0.370. The first-order valence-corrected chi connectivity index (χ1v) is 11.9. The second kappa shape index (κ2) is 12.2. The third kappa shape index (κ3) is 6.50. The first-order chi connectivity index (χ1) is 16.3. The van der Waals surface area contributed by atoms with Gasteiger partial charge in [0.15, 0.2) is 0 Å². The second-order valence-corrected chi connectivity index (χ2v) is 8.92. The van der Waals surface area contributed by atoms with Crippen LogP contribution in [-0.4, -0.2) is 29.3 Å². The van der Waals surface area contributed by atoms with Crippen LogP contribution in [-0.2, 0) is 29.0 Å². The molecular formula is C26H24Cl3FN2O2. The SMILES string of the molecule is CCNC(=O)[C@H](Cc1ccccc1)N(Cc1c(Cl)cccc1Cl)C(=O)Cc1c(F)cccc1Cl. The molecule has 3 rings (SSSR count). The summed E-state index contributed by atoms with van der Waals surface area (Å²) >= 11 is 19.0. The van der Waals surface area contributed by atoms with E-state index >= 15 is 0 Å². The van der Waals surface area contributed by atoms with E-state index in [0.717, 1.165) is 5.56 Å². The monoisotopic (exact) mass is 520 g/mol. The van der Waals surface area contributed by atoms with Crippen molar-refractivity contribution in [3.63, 3.8) is 0 Å². The molecule has 0 aromatic heterocycles. The topological polar surface area (TPSA) is 49.4 Å². The van der Waals surface area contributed by atoms with Gasteiger partial charge in [-0.25, -0.2) is 4.39 Å². The van der Waals surface area contributed by atoms with Crippen molar-refractivity contribution >= 4 is 46.6 Å². The van der Waals surface area contributed by atoms with E-state index in [9.17, 15) is 14.0 Å². The van der Waals surface area contributed by atoms with Gasteiger partial charge in [0.05, 0.1) is 6.42 Å². The summed E-state index contributed by atoms with van der Waals surface area (Å²) in [7, 11) is 0. The summed E-state index contributed by atoms with van der Waals surface area (Å²) in [6.45, 7) is 2.16. The van der Waals surface area contributed by atoms with Gasteiger partial charge in [0.1, 0.15) is 11.9 Å². The average molecular weight is 522 g/mol. The zero-order valence-corrected chi connectivity index (χ0v) is 20.8. The number of benzene rings is 3. The number of rotatable bonds is 9. The van der Waals surface area contributed by atoms with Gasteiger partial charge in [-0.15, -0.1) is 0 Å². The molecule has 0 fully saturated rings. The van der Waals surface area contributed by atoms with Crippen LogP contribution in [0.5, 0.6) is 0 Å². The van der Waals surface area contributed by atoms with E-state index in [1.807, 2.05) is 30.3 Å². The summed E-state index contributed by atoms with van der Waals surface area (Å²) < 4.78 is 14.5. The molecule has 2 amide bonds. The van der Waals surface area contributed by atoms with Crippen molar-refractivity contribution in [2.75, 3.05) is 6.54 Å². The number of carbonyl (C=O) groups is 2. The van der Waals surface area contributed by atoms with E-state index in [4.69, 9.17) is 34.8 Å². The van der Waals surface area contributed by atoms with Gasteiger partial charge in [-0.2, -0.15) is 0 Å². The van der Waals surface area contributed by atoms with Gasteiger partial charge in [-0.1, -0.05) is 77.3 Å². The van der Waals surface area contributed by atoms with Crippen molar-refractivity contribution in [1.29, 1.82) is 0 Å². The van der Waals surface area contributed by atoms with Crippen LogP contribution in [0.2, 0.25) is 15.1 Å². The molecule has 0 aliphatic heterocycles. The molecule has 0 bridgehead atoms. The largest absolute Gasteiger partial charge is 0.355 e. The number of likely N-dealkylation sites (N-methyl/N-ethyl adjacent to an activating group) is 1. The highest BCUT2D eigenvalue weighted by atomic mass is 35.5. The van der Waals surface area contributed by atoms with Crippen LogP contribution in [0, 0.1) is 5.82 Å². The summed E-state index contributed by atoms with van der Waals surface area (Å²) in [5.74, 6) is -1.40. The van der Waals surface area contributed by atoms with Crippen molar-refractivity contribution in [2.45, 2.75) is 32.4 Å². The van der Waals surface area contributed by atoms with Crippen LogP contribution in [0.1, 0.15) is 23.6 Å². The Labute approximate surface area is 213 Å². The molecule has 4 nitrogen and oxygen atoms in total. The number of hydrogen-bond acceptors (Lipinski definition) is 2. The Morgan fingerprint density at radius 1 is 0.882 bits per heavy atom. The van der Waals surface area contributed by atoms with Gasteiger partial charge in [0, 0.05) is 45.7 Å². The predicted octanol–water partition coefficient (Wildman–Crippen LogP) is 6.10. The Balaban J connectivity index is 2.04. The van der Waals surface area contributed by atoms with Gasteiger partial charge >= 0.3 is 0 Å². The van der Waals surface area contributed by atoms with Gasteiger partial charge in [-0.05, 0) is 36.8 Å². The molecule has 178 valence electrons. The molecule has 0 saturated heterocycles. The Bertz CT molecular complexity index is 1120. The number of carbonyl (C=O) groups excluding carboxylic acids is 2. The molecule has 0 spiro atoms. The molecule has 0 radical (unpaired) electrons. The van der Waals surface area contributed by atoms with E-state index in [2.05, 4.69) is 5.32 Å². The van der Waals surface area contributed by atoms with E-state index in [0.29, 0.717) is 22.2 Å². The second-order valence-electron chi connectivity index (χ2n) is 7.70. The minimum atomic E-state index is -0.882. The standard InChI is InChI=1S/C26H24Cl3FN2O2/c1-2-31-26(34)24(14-17-8-4-3-5-9-17)32(16-19-21(28)10-6-11-22(19)29)25(33)15-18-20(27)12-7-13-23(18)30/h3-13,24H,2,14-16H2,1H3,(H,31,34)/t24-/m0/s1. The van der Waals surface area contributed by atoms with Crippen LogP contribution in [0.25, 0.3) is 0 Å². The average Bonchev–Trinajstić information content (AvgIpc) is 2.81. The summed E-state index contributed by atoms with van der Waals surface area (Å²) in [6.07, 6.45) is -0.0657. The van der Waals surface area contributed by atoms with Gasteiger partial charge in [-0.3, -0.25) is 9.59 Å². The molecule has 0 saturated carbocycles. The van der Waals surface area contributed by atoms with Gasteiger partial charge in [0.25, 0.3) is 0 Å². The number of nitrogens with one attached hydrogen (secondary N) is 1. The smallest absolute Gasteiger partial charge is 0.243 e. The lowest BCUT2D eigenvalue weighted by Gasteiger charge is -2.32. The zero-order valence-electron chi connectivity index (χ0n) is 18.5. The summed E-state index contributed by atoms with van der Waals surface area (Å²) in [5.41, 5.74) is 1.44. The molecule has 0 unspecified atom stereocenters. The van der Waals surface area contributed by atoms with Crippen molar-refractivity contribution in [3.8, 4) is 0 Å². The molecule has 0 heterocycles. The first kappa shape index (κ1) is 26.0. The normalized spacial score (nSPS) is 11.7. The molecule has 0 aliphatic rings. The Morgan fingerprint density at radius 2 is 1.47 bits per heavy atom. The van der Waals surface area contributed by atoms with Gasteiger partial charge < -0.3 is 10.2 Å². The Kier molecular flexibility index (Phi) is 9.34. The number of nitrogens with zero attached hydrogens (tertiary/aromatic N) is 1. The maximum absolute atomic E-state index is 14.5. The van der Waals surface area contributed by atoms with E-state index in [1.165, 1.54) is 23.1 Å². The third-order valence-corrected chi connectivity index (χ3v) is 6.46. The van der Waals surface area contributed by atoms with Crippen LogP contribution in [0.4, 0.5) is 4.39 Å². The van der Waals surface area contributed by atoms with Crippen molar-refractivity contribution < 1.29 is 14.0 Å². The summed E-state index contributed by atoms with van der Waals surface area (Å²) in [6, 6.07) is 17.7. The van der Waals surface area contributed by atoms with Gasteiger partial charge in [0.2, 0.25) is 11.8 Å². The molecule has 3 aromatic carbocycles. The van der Waals surface area contributed by atoms with Crippen LogP contribution in [0.15, 0.2) is 66.7 Å². The van der Waals surface area contributed by atoms with E-state index in [1.54, 1.807) is 25.1 Å². The first-order valence-electron chi connectivity index (χ1n) is 10.8. The molecule has 3 aromatic rings. The summed E-state index contributed by atoms with van der Waals surface area (Å²) in [4.78, 5) is 28.2. The minimum absolute atomic E-state index is 0.0297. The Morgan fingerprint density at radius 3 is 2.06 bits per heavy atom. The molecule has 8 heteroatoms. The fraction of sp³-hybridized carbons (Fsp3) is 0.231. The maximum Gasteiger partial charge on any atom is 0.243 e. The van der Waals surface area contributed by atoms with E-state index in [-0.39, 0.29) is 35.9 Å². The lowest BCUT2D eigenvalue weighted by atomic mass is 10.0. The minimum Gasteiger partial charge on any atom is -0.355 e. The maximum atomic E-state index is 14.5. The number of amides is 2. The number of hydrogen-bond donors (Lipinski definition) is 1. The lowest BCUT2D eigenvalue weighted by Crippen LogP contribution is -2.51.